The molecule has 0 aromatic carbocycles. The zero-order valence-electron chi connectivity index (χ0n) is 15.0. The third kappa shape index (κ3) is 6.34. The molecule has 1 aromatic heterocycles. The molecule has 7 heteroatoms. The molecule has 1 aliphatic rings. The molecule has 1 fully saturated rings. The van der Waals surface area contributed by atoms with E-state index < -0.39 is 0 Å². The second-order valence-electron chi connectivity index (χ2n) is 6.86. The molecule has 1 aliphatic heterocycles. The van der Waals surface area contributed by atoms with E-state index in [2.05, 4.69) is 29.0 Å². The van der Waals surface area contributed by atoms with Crippen LogP contribution in [0.2, 0.25) is 0 Å². The first-order chi connectivity index (χ1) is 12.0. The summed E-state index contributed by atoms with van der Waals surface area (Å²) in [5, 5.41) is 2.81. The van der Waals surface area contributed by atoms with E-state index in [1.807, 2.05) is 12.1 Å². The maximum Gasteiger partial charge on any atom is 0.226 e. The molecular formula is C18H28N4O3. The van der Waals surface area contributed by atoms with E-state index in [1.165, 1.54) is 0 Å². The summed E-state index contributed by atoms with van der Waals surface area (Å²) in [6, 6.07) is 3.68. The molecule has 0 aliphatic carbocycles. The van der Waals surface area contributed by atoms with Crippen molar-refractivity contribution < 1.29 is 14.3 Å². The summed E-state index contributed by atoms with van der Waals surface area (Å²) in [5.41, 5.74) is 6.06. The van der Waals surface area contributed by atoms with Gasteiger partial charge in [-0.25, -0.2) is 4.98 Å². The highest BCUT2D eigenvalue weighted by atomic mass is 16.5. The number of aromatic nitrogens is 1. The number of nitrogens with two attached hydrogens (primary N) is 1. The minimum Gasteiger partial charge on any atom is -0.381 e. The van der Waals surface area contributed by atoms with Crippen molar-refractivity contribution in [1.29, 1.82) is 0 Å². The van der Waals surface area contributed by atoms with Gasteiger partial charge in [-0.2, -0.15) is 0 Å². The van der Waals surface area contributed by atoms with Crippen molar-refractivity contribution in [2.75, 3.05) is 36.5 Å². The number of piperidine rings is 1. The van der Waals surface area contributed by atoms with Gasteiger partial charge in [-0.15, -0.1) is 0 Å². The van der Waals surface area contributed by atoms with Crippen LogP contribution in [-0.2, 0) is 14.3 Å². The van der Waals surface area contributed by atoms with Crippen LogP contribution in [0.25, 0.3) is 0 Å². The zero-order valence-corrected chi connectivity index (χ0v) is 15.0. The fourth-order valence-electron chi connectivity index (χ4n) is 2.77. The average molecular weight is 348 g/mol. The summed E-state index contributed by atoms with van der Waals surface area (Å²) in [4.78, 5) is 29.7. The van der Waals surface area contributed by atoms with Crippen molar-refractivity contribution in [2.24, 2.45) is 17.6 Å². The van der Waals surface area contributed by atoms with E-state index in [4.69, 9.17) is 10.5 Å². The molecule has 2 heterocycles. The Hall–Kier alpha value is -2.15. The standard InChI is InChI=1S/C18H28N4O3/c1-13(2)12-25-9-7-17(23)21-15-5-6-16(20-10-15)22-8-3-4-14(11-22)18(19)24/h5-6,10,13-14H,3-4,7-9,11-12H2,1-2H3,(H2,19,24)(H,21,23). The lowest BCUT2D eigenvalue weighted by molar-refractivity contribution is -0.122. The molecule has 1 unspecified atom stereocenters. The van der Waals surface area contributed by atoms with Crippen LogP contribution < -0.4 is 16.0 Å². The molecule has 1 atom stereocenters. The molecule has 25 heavy (non-hydrogen) atoms. The van der Waals surface area contributed by atoms with Gasteiger partial charge < -0.3 is 20.7 Å². The summed E-state index contributed by atoms with van der Waals surface area (Å²) in [7, 11) is 0. The number of anilines is 2. The molecule has 2 amide bonds. The van der Waals surface area contributed by atoms with E-state index in [0.29, 0.717) is 37.8 Å². The SMILES string of the molecule is CC(C)COCCC(=O)Nc1ccc(N2CCCC(C(N)=O)C2)nc1. The second kappa shape index (κ2) is 9.36. The van der Waals surface area contributed by atoms with Gasteiger partial charge in [0.05, 0.1) is 30.8 Å². The largest absolute Gasteiger partial charge is 0.381 e. The van der Waals surface area contributed by atoms with Gasteiger partial charge in [0, 0.05) is 19.7 Å². The Bertz CT molecular complexity index is 574. The molecule has 0 saturated carbocycles. The molecule has 0 radical (unpaired) electrons. The van der Waals surface area contributed by atoms with Gasteiger partial charge in [0.2, 0.25) is 11.8 Å². The van der Waals surface area contributed by atoms with Crippen molar-refractivity contribution >= 4 is 23.3 Å². The first kappa shape index (κ1) is 19.2. The van der Waals surface area contributed by atoms with E-state index in [-0.39, 0.29) is 17.7 Å². The molecule has 1 saturated heterocycles. The first-order valence-corrected chi connectivity index (χ1v) is 8.83. The Kier molecular flexibility index (Phi) is 7.18. The number of hydrogen-bond acceptors (Lipinski definition) is 5. The van der Waals surface area contributed by atoms with Crippen molar-refractivity contribution in [3.63, 3.8) is 0 Å². The summed E-state index contributed by atoms with van der Waals surface area (Å²) >= 11 is 0. The van der Waals surface area contributed by atoms with Crippen LogP contribution in [-0.4, -0.2) is 43.1 Å². The van der Waals surface area contributed by atoms with Crippen molar-refractivity contribution in [1.82, 2.24) is 4.98 Å². The number of ether oxygens (including phenoxy) is 1. The van der Waals surface area contributed by atoms with Crippen molar-refractivity contribution in [2.45, 2.75) is 33.1 Å². The van der Waals surface area contributed by atoms with E-state index >= 15 is 0 Å². The third-order valence-electron chi connectivity index (χ3n) is 4.10. The molecule has 2 rings (SSSR count). The van der Waals surface area contributed by atoms with E-state index in [0.717, 1.165) is 25.2 Å². The number of primary amides is 1. The Balaban J connectivity index is 1.81. The number of rotatable bonds is 8. The maximum atomic E-state index is 11.9. The topological polar surface area (TPSA) is 97.5 Å². The number of hydrogen-bond donors (Lipinski definition) is 2. The molecule has 7 nitrogen and oxygen atoms in total. The summed E-state index contributed by atoms with van der Waals surface area (Å²) in [6.45, 7) is 6.67. The van der Waals surface area contributed by atoms with Gasteiger partial charge in [0.15, 0.2) is 0 Å². The predicted molar refractivity (Wildman–Crippen MR) is 97.3 cm³/mol. The monoisotopic (exact) mass is 348 g/mol. The fourth-order valence-corrected chi connectivity index (χ4v) is 2.77. The summed E-state index contributed by atoms with van der Waals surface area (Å²) in [5.74, 6) is 0.784. The highest BCUT2D eigenvalue weighted by Gasteiger charge is 2.24. The zero-order chi connectivity index (χ0) is 18.2. The quantitative estimate of drug-likeness (QED) is 0.698. The van der Waals surface area contributed by atoms with Gasteiger partial charge >= 0.3 is 0 Å². The first-order valence-electron chi connectivity index (χ1n) is 8.83. The molecule has 138 valence electrons. The molecule has 0 bridgehead atoms. The van der Waals surface area contributed by atoms with Gasteiger partial charge in [0.25, 0.3) is 0 Å². The van der Waals surface area contributed by atoms with Crippen LogP contribution in [0.1, 0.15) is 33.1 Å². The maximum absolute atomic E-state index is 11.9. The summed E-state index contributed by atoms with van der Waals surface area (Å²) in [6.07, 6.45) is 3.71. The minimum absolute atomic E-state index is 0.0925. The Morgan fingerprint density at radius 3 is 2.88 bits per heavy atom. The van der Waals surface area contributed by atoms with Crippen LogP contribution in [0.3, 0.4) is 0 Å². The number of nitrogens with one attached hydrogen (secondary N) is 1. The van der Waals surface area contributed by atoms with Crippen LogP contribution >= 0.6 is 0 Å². The lowest BCUT2D eigenvalue weighted by atomic mass is 9.97. The highest BCUT2D eigenvalue weighted by molar-refractivity contribution is 5.90. The Morgan fingerprint density at radius 2 is 2.24 bits per heavy atom. The van der Waals surface area contributed by atoms with Crippen molar-refractivity contribution in [3.05, 3.63) is 18.3 Å². The predicted octanol–water partition coefficient (Wildman–Crippen LogP) is 1.78. The number of amides is 2. The summed E-state index contributed by atoms with van der Waals surface area (Å²) < 4.78 is 5.41. The smallest absolute Gasteiger partial charge is 0.226 e. The van der Waals surface area contributed by atoms with Gasteiger partial charge in [-0.1, -0.05) is 13.8 Å². The minimum atomic E-state index is -0.256. The normalized spacial score (nSPS) is 17.6. The lowest BCUT2D eigenvalue weighted by Gasteiger charge is -2.32. The van der Waals surface area contributed by atoms with Crippen molar-refractivity contribution in [3.8, 4) is 0 Å². The number of carbonyl (C=O) groups excluding carboxylic acids is 2. The van der Waals surface area contributed by atoms with Crippen LogP contribution in [0.15, 0.2) is 18.3 Å². The van der Waals surface area contributed by atoms with E-state index in [9.17, 15) is 9.59 Å². The van der Waals surface area contributed by atoms with Gasteiger partial charge in [-0.05, 0) is 30.9 Å². The number of carbonyl (C=O) groups is 2. The average Bonchev–Trinajstić information content (AvgIpc) is 2.59. The van der Waals surface area contributed by atoms with Crippen LogP contribution in [0.4, 0.5) is 11.5 Å². The van der Waals surface area contributed by atoms with Crippen LogP contribution in [0, 0.1) is 11.8 Å². The number of nitrogens with zero attached hydrogens (tertiary/aromatic N) is 2. The fraction of sp³-hybridized carbons (Fsp3) is 0.611. The molecule has 0 spiro atoms. The Labute approximate surface area is 148 Å². The third-order valence-corrected chi connectivity index (χ3v) is 4.10. The van der Waals surface area contributed by atoms with E-state index in [1.54, 1.807) is 6.20 Å². The van der Waals surface area contributed by atoms with Crippen LogP contribution in [0.5, 0.6) is 0 Å². The Morgan fingerprint density at radius 1 is 1.44 bits per heavy atom. The number of pyridine rings is 1. The lowest BCUT2D eigenvalue weighted by Crippen LogP contribution is -2.41. The van der Waals surface area contributed by atoms with Gasteiger partial charge in [-0.3, -0.25) is 9.59 Å². The highest BCUT2D eigenvalue weighted by Crippen LogP contribution is 2.22. The van der Waals surface area contributed by atoms with Gasteiger partial charge in [0.1, 0.15) is 5.82 Å². The molecule has 3 N–H and O–H groups in total. The second-order valence-corrected chi connectivity index (χ2v) is 6.86. The molecular weight excluding hydrogens is 320 g/mol. The molecule has 1 aromatic rings.